The first-order chi connectivity index (χ1) is 9.72. The van der Waals surface area contributed by atoms with Crippen LogP contribution in [0.15, 0.2) is 36.9 Å². The summed E-state index contributed by atoms with van der Waals surface area (Å²) in [4.78, 5) is 8.17. The largest absolute Gasteiger partial charge is 0.310 e. The highest BCUT2D eigenvalue weighted by molar-refractivity contribution is 6.36. The maximum absolute atomic E-state index is 6.25. The van der Waals surface area contributed by atoms with Gasteiger partial charge in [-0.05, 0) is 37.1 Å². The van der Waals surface area contributed by atoms with Crippen molar-refractivity contribution in [3.63, 3.8) is 0 Å². The van der Waals surface area contributed by atoms with E-state index in [4.69, 9.17) is 23.2 Å². The van der Waals surface area contributed by atoms with Gasteiger partial charge in [-0.2, -0.15) is 0 Å². The first-order valence-electron chi connectivity index (χ1n) is 6.63. The first kappa shape index (κ1) is 15.2. The normalized spacial score (nSPS) is 12.3. The lowest BCUT2D eigenvalue weighted by atomic mass is 10.0. The second-order valence-electron chi connectivity index (χ2n) is 4.58. The van der Waals surface area contributed by atoms with Crippen molar-refractivity contribution in [2.24, 2.45) is 0 Å². The predicted octanol–water partition coefficient (Wildman–Crippen LogP) is 4.07. The summed E-state index contributed by atoms with van der Waals surface area (Å²) in [5, 5.41) is 4.88. The van der Waals surface area contributed by atoms with E-state index in [0.717, 1.165) is 24.1 Å². The molecule has 0 aliphatic rings. The summed E-state index contributed by atoms with van der Waals surface area (Å²) in [5.74, 6) is 0. The first-order valence-corrected chi connectivity index (χ1v) is 7.39. The fourth-order valence-corrected chi connectivity index (χ4v) is 2.60. The molecule has 2 rings (SSSR count). The molecule has 20 heavy (non-hydrogen) atoms. The Morgan fingerprint density at radius 1 is 1.15 bits per heavy atom. The van der Waals surface area contributed by atoms with E-state index in [-0.39, 0.29) is 6.04 Å². The van der Waals surface area contributed by atoms with Crippen LogP contribution in [0.25, 0.3) is 0 Å². The molecule has 1 atom stereocenters. The van der Waals surface area contributed by atoms with E-state index in [1.54, 1.807) is 0 Å². The van der Waals surface area contributed by atoms with Crippen molar-refractivity contribution >= 4 is 23.2 Å². The molecule has 2 aromatic rings. The van der Waals surface area contributed by atoms with Crippen LogP contribution in [0.2, 0.25) is 10.0 Å². The molecule has 0 radical (unpaired) electrons. The van der Waals surface area contributed by atoms with Crippen molar-refractivity contribution in [3.8, 4) is 0 Å². The lowest BCUT2D eigenvalue weighted by Crippen LogP contribution is -2.24. The number of nitrogens with one attached hydrogen (secondary N) is 1. The molecule has 0 saturated heterocycles. The average Bonchev–Trinajstić information content (AvgIpc) is 2.47. The van der Waals surface area contributed by atoms with Crippen LogP contribution in [0, 0.1) is 0 Å². The maximum Gasteiger partial charge on any atom is 0.115 e. The summed E-state index contributed by atoms with van der Waals surface area (Å²) >= 11 is 12.5. The topological polar surface area (TPSA) is 37.8 Å². The van der Waals surface area contributed by atoms with E-state index < -0.39 is 0 Å². The van der Waals surface area contributed by atoms with E-state index >= 15 is 0 Å². The lowest BCUT2D eigenvalue weighted by Gasteiger charge is -2.19. The van der Waals surface area contributed by atoms with Crippen LogP contribution < -0.4 is 5.32 Å². The molecule has 0 fully saturated rings. The van der Waals surface area contributed by atoms with Crippen molar-refractivity contribution in [1.82, 2.24) is 15.3 Å². The summed E-state index contributed by atoms with van der Waals surface area (Å²) in [6, 6.07) is 5.69. The molecule has 0 spiro atoms. The molecule has 0 bridgehead atoms. The Balaban J connectivity index is 2.24. The molecule has 0 saturated carbocycles. The molecule has 1 unspecified atom stereocenters. The van der Waals surface area contributed by atoms with Crippen molar-refractivity contribution in [2.45, 2.75) is 25.8 Å². The number of hydrogen-bond acceptors (Lipinski definition) is 3. The fourth-order valence-electron chi connectivity index (χ4n) is 2.05. The van der Waals surface area contributed by atoms with Crippen LogP contribution in [0.1, 0.15) is 30.5 Å². The van der Waals surface area contributed by atoms with Gasteiger partial charge in [0, 0.05) is 34.0 Å². The zero-order valence-corrected chi connectivity index (χ0v) is 12.8. The number of halogens is 2. The predicted molar refractivity (Wildman–Crippen MR) is 83.2 cm³/mol. The molecule has 1 N–H and O–H groups in total. The molecule has 3 nitrogen and oxygen atoms in total. The van der Waals surface area contributed by atoms with Gasteiger partial charge in [0.25, 0.3) is 0 Å². The number of hydrogen-bond donors (Lipinski definition) is 1. The summed E-state index contributed by atoms with van der Waals surface area (Å²) in [5.41, 5.74) is 1.99. The SMILES string of the molecule is CCCNC(Cc1c(Cl)cccc1Cl)c1cncnc1. The van der Waals surface area contributed by atoms with E-state index in [0.29, 0.717) is 16.5 Å². The van der Waals surface area contributed by atoms with Gasteiger partial charge in [0.05, 0.1) is 0 Å². The Morgan fingerprint density at radius 3 is 2.40 bits per heavy atom. The molecule has 0 aliphatic carbocycles. The van der Waals surface area contributed by atoms with Crippen molar-refractivity contribution in [1.29, 1.82) is 0 Å². The van der Waals surface area contributed by atoms with Gasteiger partial charge in [0.15, 0.2) is 0 Å². The Bertz CT molecular complexity index is 526. The van der Waals surface area contributed by atoms with Crippen LogP contribution in [-0.4, -0.2) is 16.5 Å². The monoisotopic (exact) mass is 309 g/mol. The standard InChI is InChI=1S/C15H17Cl2N3/c1-2-6-20-15(11-8-18-10-19-9-11)7-12-13(16)4-3-5-14(12)17/h3-5,8-10,15,20H,2,6-7H2,1H3. The second-order valence-corrected chi connectivity index (χ2v) is 5.40. The van der Waals surface area contributed by atoms with Crippen LogP contribution >= 0.6 is 23.2 Å². The molecule has 106 valence electrons. The summed E-state index contributed by atoms with van der Waals surface area (Å²) in [7, 11) is 0. The summed E-state index contributed by atoms with van der Waals surface area (Å²) in [6.45, 7) is 3.05. The van der Waals surface area contributed by atoms with Crippen LogP contribution in [0.5, 0.6) is 0 Å². The third-order valence-electron chi connectivity index (χ3n) is 3.09. The highest BCUT2D eigenvalue weighted by atomic mass is 35.5. The molecule has 0 amide bonds. The van der Waals surface area contributed by atoms with Crippen LogP contribution in [0.3, 0.4) is 0 Å². The molecule has 1 heterocycles. The number of aromatic nitrogens is 2. The molecule has 1 aromatic carbocycles. The van der Waals surface area contributed by atoms with E-state index in [2.05, 4.69) is 22.2 Å². The third-order valence-corrected chi connectivity index (χ3v) is 3.80. The van der Waals surface area contributed by atoms with Gasteiger partial charge in [-0.15, -0.1) is 0 Å². The maximum atomic E-state index is 6.25. The Kier molecular flexibility index (Phi) is 5.77. The van der Waals surface area contributed by atoms with Gasteiger partial charge >= 0.3 is 0 Å². The van der Waals surface area contributed by atoms with Gasteiger partial charge in [-0.1, -0.05) is 36.2 Å². The molecular weight excluding hydrogens is 293 g/mol. The minimum atomic E-state index is 0.105. The highest BCUT2D eigenvalue weighted by Crippen LogP contribution is 2.29. The minimum absolute atomic E-state index is 0.105. The van der Waals surface area contributed by atoms with Crippen LogP contribution in [-0.2, 0) is 6.42 Å². The van der Waals surface area contributed by atoms with Crippen LogP contribution in [0.4, 0.5) is 0 Å². The van der Waals surface area contributed by atoms with Gasteiger partial charge < -0.3 is 5.32 Å². The molecular formula is C15H17Cl2N3. The van der Waals surface area contributed by atoms with Gasteiger partial charge in [-0.3, -0.25) is 0 Å². The van der Waals surface area contributed by atoms with E-state index in [9.17, 15) is 0 Å². The van der Waals surface area contributed by atoms with Gasteiger partial charge in [0.2, 0.25) is 0 Å². The highest BCUT2D eigenvalue weighted by Gasteiger charge is 2.16. The third kappa shape index (κ3) is 3.92. The average molecular weight is 310 g/mol. The minimum Gasteiger partial charge on any atom is -0.310 e. The smallest absolute Gasteiger partial charge is 0.115 e. The summed E-state index contributed by atoms with van der Waals surface area (Å²) in [6.07, 6.45) is 6.95. The zero-order chi connectivity index (χ0) is 14.4. The molecule has 0 aliphatic heterocycles. The van der Waals surface area contributed by atoms with Crippen molar-refractivity contribution in [2.75, 3.05) is 6.54 Å². The Labute approximate surface area is 129 Å². The summed E-state index contributed by atoms with van der Waals surface area (Å²) < 4.78 is 0. The molecule has 5 heteroatoms. The zero-order valence-electron chi connectivity index (χ0n) is 11.3. The Hall–Kier alpha value is -1.16. The van der Waals surface area contributed by atoms with Gasteiger partial charge in [-0.25, -0.2) is 9.97 Å². The number of rotatable bonds is 6. The van der Waals surface area contributed by atoms with E-state index in [1.807, 2.05) is 30.6 Å². The quantitative estimate of drug-likeness (QED) is 0.874. The van der Waals surface area contributed by atoms with Crippen molar-refractivity contribution in [3.05, 3.63) is 58.1 Å². The van der Waals surface area contributed by atoms with Gasteiger partial charge in [0.1, 0.15) is 6.33 Å². The number of nitrogens with zero attached hydrogens (tertiary/aromatic N) is 2. The Morgan fingerprint density at radius 2 is 1.80 bits per heavy atom. The van der Waals surface area contributed by atoms with Crippen molar-refractivity contribution < 1.29 is 0 Å². The second kappa shape index (κ2) is 7.58. The number of benzene rings is 1. The van der Waals surface area contributed by atoms with E-state index in [1.165, 1.54) is 6.33 Å². The molecule has 1 aromatic heterocycles. The fraction of sp³-hybridized carbons (Fsp3) is 0.333. The lowest BCUT2D eigenvalue weighted by molar-refractivity contribution is 0.526.